The molecule has 1 unspecified atom stereocenters. The van der Waals surface area contributed by atoms with Gasteiger partial charge in [0.25, 0.3) is 0 Å². The summed E-state index contributed by atoms with van der Waals surface area (Å²) in [7, 11) is 0.157. The third kappa shape index (κ3) is 6.81. The Morgan fingerprint density at radius 1 is 1.21 bits per heavy atom. The highest BCUT2D eigenvalue weighted by Crippen LogP contribution is 2.41. The van der Waals surface area contributed by atoms with E-state index in [1.54, 1.807) is 12.3 Å². The molecule has 3 aromatic rings. The molecule has 0 aliphatic heterocycles. The molecule has 1 aromatic carbocycles. The van der Waals surface area contributed by atoms with Crippen molar-refractivity contribution in [1.82, 2.24) is 9.55 Å². The zero-order chi connectivity index (χ0) is 28.3. The van der Waals surface area contributed by atoms with Gasteiger partial charge in [-0.25, -0.2) is 9.18 Å². The van der Waals surface area contributed by atoms with Crippen LogP contribution >= 0.6 is 0 Å². The lowest BCUT2D eigenvalue weighted by Crippen LogP contribution is -2.22. The minimum absolute atomic E-state index is 0.117. The average molecular weight is 557 g/mol. The number of nitrogens with zero attached hydrogens (tertiary/aromatic N) is 2. The number of hydrogen-bond acceptors (Lipinski definition) is 6. The van der Waals surface area contributed by atoms with Crippen LogP contribution in [0.2, 0.25) is 25.7 Å². The van der Waals surface area contributed by atoms with Gasteiger partial charge < -0.3 is 23.5 Å². The van der Waals surface area contributed by atoms with Crippen molar-refractivity contribution in [2.75, 3.05) is 20.3 Å². The number of pyridine rings is 1. The van der Waals surface area contributed by atoms with Crippen molar-refractivity contribution in [2.24, 2.45) is 5.92 Å². The number of carbonyl (C=O) groups is 1. The lowest BCUT2D eigenvalue weighted by molar-refractivity contribution is 0.0334. The molecule has 0 amide bonds. The maximum absolute atomic E-state index is 14.8. The molecule has 2 aromatic heterocycles. The van der Waals surface area contributed by atoms with Gasteiger partial charge in [-0.2, -0.15) is 0 Å². The fraction of sp³-hybridized carbons (Fsp3) is 0.533. The van der Waals surface area contributed by atoms with Gasteiger partial charge in [-0.15, -0.1) is 0 Å². The van der Waals surface area contributed by atoms with Gasteiger partial charge in [0.1, 0.15) is 23.6 Å². The third-order valence-electron chi connectivity index (χ3n) is 7.22. The molecule has 2 heterocycles. The summed E-state index contributed by atoms with van der Waals surface area (Å²) in [6.07, 6.45) is 4.38. The van der Waals surface area contributed by atoms with Crippen LogP contribution < -0.4 is 9.47 Å². The molecule has 0 N–H and O–H groups in total. The van der Waals surface area contributed by atoms with Crippen molar-refractivity contribution in [2.45, 2.75) is 78.6 Å². The molecule has 0 saturated heterocycles. The highest BCUT2D eigenvalue weighted by molar-refractivity contribution is 6.76. The second kappa shape index (κ2) is 12.1. The van der Waals surface area contributed by atoms with Crippen LogP contribution in [0.25, 0.3) is 22.2 Å². The zero-order valence-electron chi connectivity index (χ0n) is 24.2. The summed E-state index contributed by atoms with van der Waals surface area (Å²) in [5.41, 5.74) is 3.77. The predicted molar refractivity (Wildman–Crippen MR) is 154 cm³/mol. The Labute approximate surface area is 231 Å². The van der Waals surface area contributed by atoms with Crippen LogP contribution in [0.5, 0.6) is 11.5 Å². The maximum atomic E-state index is 14.8. The molecule has 39 heavy (non-hydrogen) atoms. The Kier molecular flexibility index (Phi) is 9.01. The van der Waals surface area contributed by atoms with Gasteiger partial charge >= 0.3 is 5.97 Å². The standard InChI is InChI=1S/C30H41FN2O5Si/c1-8-19(2)38-30(34)27-20(3)33(18-36-13-14-39(5,6)7)29-22(11-12-32-28(27)29)23-15-26(35-4)24(31)16-25(23)37-17-21-9-10-21/h11-12,15-16,19,21H,8-10,13-14,17-18H2,1-7H3. The van der Waals surface area contributed by atoms with Crippen LogP contribution in [0.1, 0.15) is 49.2 Å². The third-order valence-corrected chi connectivity index (χ3v) is 8.92. The molecule has 1 atom stereocenters. The number of halogens is 1. The number of rotatable bonds is 13. The Hall–Kier alpha value is -2.91. The molecule has 1 saturated carbocycles. The number of benzene rings is 1. The van der Waals surface area contributed by atoms with Crippen LogP contribution in [-0.2, 0) is 16.2 Å². The number of carbonyl (C=O) groups excluding carboxylic acids is 1. The van der Waals surface area contributed by atoms with E-state index in [0.717, 1.165) is 24.4 Å². The van der Waals surface area contributed by atoms with E-state index < -0.39 is 19.9 Å². The highest BCUT2D eigenvalue weighted by Gasteiger charge is 2.28. The van der Waals surface area contributed by atoms with Crippen LogP contribution in [-0.4, -0.2) is 50.0 Å². The summed E-state index contributed by atoms with van der Waals surface area (Å²) >= 11 is 0. The van der Waals surface area contributed by atoms with Crippen molar-refractivity contribution in [3.8, 4) is 22.6 Å². The molecule has 0 spiro atoms. The Morgan fingerprint density at radius 3 is 2.59 bits per heavy atom. The Bertz CT molecular complexity index is 1330. The van der Waals surface area contributed by atoms with E-state index in [9.17, 15) is 9.18 Å². The topological polar surface area (TPSA) is 71.8 Å². The van der Waals surface area contributed by atoms with E-state index in [-0.39, 0.29) is 18.6 Å². The van der Waals surface area contributed by atoms with E-state index in [1.807, 2.05) is 31.4 Å². The molecular formula is C30H41FN2O5Si. The van der Waals surface area contributed by atoms with Crippen LogP contribution in [0.15, 0.2) is 24.4 Å². The number of aromatic nitrogens is 2. The van der Waals surface area contributed by atoms with Crippen LogP contribution in [0, 0.1) is 18.7 Å². The van der Waals surface area contributed by atoms with Gasteiger partial charge in [0.05, 0.1) is 25.3 Å². The Balaban J connectivity index is 1.86. The molecule has 0 bridgehead atoms. The number of fused-ring (bicyclic) bond motifs is 1. The molecule has 9 heteroatoms. The first-order valence-corrected chi connectivity index (χ1v) is 17.5. The maximum Gasteiger partial charge on any atom is 0.342 e. The molecule has 1 fully saturated rings. The van der Waals surface area contributed by atoms with Crippen molar-refractivity contribution in [3.63, 3.8) is 0 Å². The fourth-order valence-corrected chi connectivity index (χ4v) is 5.14. The van der Waals surface area contributed by atoms with E-state index in [1.165, 1.54) is 13.2 Å². The summed E-state index contributed by atoms with van der Waals surface area (Å²) in [5, 5.41) is 0. The summed E-state index contributed by atoms with van der Waals surface area (Å²) in [6.45, 7) is 14.1. The molecule has 212 valence electrons. The van der Waals surface area contributed by atoms with E-state index >= 15 is 0 Å². The number of methoxy groups -OCH3 is 1. The van der Waals surface area contributed by atoms with Crippen molar-refractivity contribution < 1.29 is 28.1 Å². The molecule has 0 radical (unpaired) electrons. The summed E-state index contributed by atoms with van der Waals surface area (Å²) in [5.74, 6) is 0.136. The zero-order valence-corrected chi connectivity index (χ0v) is 25.2. The minimum Gasteiger partial charge on any atom is -0.494 e. The van der Waals surface area contributed by atoms with Crippen molar-refractivity contribution >= 4 is 25.1 Å². The predicted octanol–water partition coefficient (Wildman–Crippen LogP) is 7.22. The van der Waals surface area contributed by atoms with E-state index in [2.05, 4.69) is 24.6 Å². The summed E-state index contributed by atoms with van der Waals surface area (Å²) in [4.78, 5) is 18.0. The van der Waals surface area contributed by atoms with Gasteiger partial charge in [0.15, 0.2) is 11.6 Å². The first kappa shape index (κ1) is 29.1. The summed E-state index contributed by atoms with van der Waals surface area (Å²) in [6, 6.07) is 5.92. The molecule has 4 rings (SSSR count). The molecule has 1 aliphatic rings. The van der Waals surface area contributed by atoms with Crippen LogP contribution in [0.3, 0.4) is 0 Å². The van der Waals surface area contributed by atoms with Gasteiger partial charge in [0, 0.05) is 43.8 Å². The van der Waals surface area contributed by atoms with Gasteiger partial charge in [-0.1, -0.05) is 26.6 Å². The molecule has 1 aliphatic carbocycles. The number of esters is 1. The lowest BCUT2D eigenvalue weighted by Gasteiger charge is -2.18. The normalized spacial score (nSPS) is 14.5. The SMILES string of the molecule is CCC(C)OC(=O)c1c(C)n(COCC[Si](C)(C)C)c2c(-c3cc(OC)c(F)cc3OCC3CC3)ccnc12. The van der Waals surface area contributed by atoms with E-state index in [4.69, 9.17) is 18.9 Å². The number of hydrogen-bond donors (Lipinski definition) is 0. The highest BCUT2D eigenvalue weighted by atomic mass is 28.3. The smallest absolute Gasteiger partial charge is 0.342 e. The first-order chi connectivity index (χ1) is 18.5. The lowest BCUT2D eigenvalue weighted by atomic mass is 10.0. The second-order valence-electron chi connectivity index (χ2n) is 11.7. The fourth-order valence-electron chi connectivity index (χ4n) is 4.38. The molecular weight excluding hydrogens is 515 g/mol. The monoisotopic (exact) mass is 556 g/mol. The van der Waals surface area contributed by atoms with Crippen molar-refractivity contribution in [1.29, 1.82) is 0 Å². The van der Waals surface area contributed by atoms with Gasteiger partial charge in [0.2, 0.25) is 0 Å². The molecule has 7 nitrogen and oxygen atoms in total. The number of ether oxygens (including phenoxy) is 4. The quantitative estimate of drug-likeness (QED) is 0.126. The van der Waals surface area contributed by atoms with Gasteiger partial charge in [-0.3, -0.25) is 4.98 Å². The van der Waals surface area contributed by atoms with E-state index in [0.29, 0.717) is 59.2 Å². The largest absolute Gasteiger partial charge is 0.494 e. The first-order valence-electron chi connectivity index (χ1n) is 13.8. The minimum atomic E-state index is -1.29. The van der Waals surface area contributed by atoms with Gasteiger partial charge in [-0.05, 0) is 57.2 Å². The van der Waals surface area contributed by atoms with Crippen molar-refractivity contribution in [3.05, 3.63) is 41.5 Å². The van der Waals surface area contributed by atoms with Crippen LogP contribution in [0.4, 0.5) is 4.39 Å². The average Bonchev–Trinajstić information content (AvgIpc) is 3.67. The summed E-state index contributed by atoms with van der Waals surface area (Å²) < 4.78 is 40.1. The second-order valence-corrected chi connectivity index (χ2v) is 17.3. The Morgan fingerprint density at radius 2 is 1.95 bits per heavy atom.